The maximum absolute atomic E-state index is 12.7. The summed E-state index contributed by atoms with van der Waals surface area (Å²) in [6.45, 7) is 2.10. The molecule has 1 saturated heterocycles. The highest BCUT2D eigenvalue weighted by molar-refractivity contribution is 5.96. The Balaban J connectivity index is 0.000000225. The number of amides is 3. The number of hydrogen-bond acceptors (Lipinski definition) is 6. The molecule has 196 valence electrons. The maximum Gasteiger partial charge on any atom is 0.251 e. The number of nitrogens with zero attached hydrogens (tertiary/aromatic N) is 1. The van der Waals surface area contributed by atoms with Gasteiger partial charge in [-0.25, -0.2) is 4.39 Å². The number of hydrogen-bond donors (Lipinski definition) is 2. The normalized spacial score (nSPS) is 14.4. The van der Waals surface area contributed by atoms with Crippen molar-refractivity contribution in [1.82, 2.24) is 10.2 Å². The second-order valence-electron chi connectivity index (χ2n) is 8.13. The van der Waals surface area contributed by atoms with Gasteiger partial charge in [0, 0.05) is 25.8 Å². The Morgan fingerprint density at radius 3 is 2.11 bits per heavy atom. The zero-order valence-electron chi connectivity index (χ0n) is 20.7. The fourth-order valence-electron chi connectivity index (χ4n) is 3.22. The van der Waals surface area contributed by atoms with E-state index in [-0.39, 0.29) is 25.0 Å². The van der Waals surface area contributed by atoms with Gasteiger partial charge in [0.05, 0.1) is 26.9 Å². The number of benzene rings is 2. The van der Waals surface area contributed by atoms with Crippen LogP contribution in [-0.4, -0.2) is 76.3 Å². The highest BCUT2D eigenvalue weighted by atomic mass is 19.1. The molecule has 0 spiro atoms. The average molecular weight is 504 g/mol. The third-order valence-corrected chi connectivity index (χ3v) is 5.32. The molecule has 0 bridgehead atoms. The molecule has 10 heteroatoms. The molecule has 3 N–H and O–H groups in total. The number of primary amides is 1. The standard InChI is InChI=1S/C13H15FN2O3.C10H12O.C3H7NO2/c14-11-3-1-10(2-4-11)13(18)15-9-12(17)16-5-7-19-8-6-16;1-11-10-6-4-9(5-7-10)8-2-3-8;1-6-2-3(4)5/h1-4H,5-9H2,(H,15,18);4-8H,2-3H2,1H3;2H2,1H3,(H2,4,5). The van der Waals surface area contributed by atoms with Gasteiger partial charge in [-0.2, -0.15) is 0 Å². The number of halogens is 1. The number of carbonyl (C=O) groups excluding carboxylic acids is 3. The fraction of sp³-hybridized carbons (Fsp3) is 0.423. The van der Waals surface area contributed by atoms with E-state index in [0.717, 1.165) is 11.7 Å². The fourth-order valence-corrected chi connectivity index (χ4v) is 3.22. The number of ether oxygens (including phenoxy) is 3. The quantitative estimate of drug-likeness (QED) is 0.597. The first kappa shape index (κ1) is 28.7. The minimum Gasteiger partial charge on any atom is -0.497 e. The number of morpholine rings is 1. The van der Waals surface area contributed by atoms with Gasteiger partial charge >= 0.3 is 0 Å². The molecule has 1 aliphatic heterocycles. The highest BCUT2D eigenvalue weighted by Gasteiger charge is 2.22. The van der Waals surface area contributed by atoms with Gasteiger partial charge in [-0.05, 0) is 60.7 Å². The van der Waals surface area contributed by atoms with Gasteiger partial charge in [0.1, 0.15) is 18.2 Å². The van der Waals surface area contributed by atoms with E-state index < -0.39 is 11.7 Å². The predicted molar refractivity (Wildman–Crippen MR) is 132 cm³/mol. The van der Waals surface area contributed by atoms with Crippen LogP contribution in [-0.2, 0) is 19.1 Å². The molecule has 2 aromatic carbocycles. The van der Waals surface area contributed by atoms with Gasteiger partial charge in [-0.15, -0.1) is 0 Å². The monoisotopic (exact) mass is 503 g/mol. The first-order chi connectivity index (χ1) is 17.3. The smallest absolute Gasteiger partial charge is 0.251 e. The van der Waals surface area contributed by atoms with Gasteiger partial charge < -0.3 is 30.2 Å². The number of methoxy groups -OCH3 is 2. The van der Waals surface area contributed by atoms with Gasteiger partial charge in [-0.3, -0.25) is 14.4 Å². The summed E-state index contributed by atoms with van der Waals surface area (Å²) in [5, 5.41) is 2.52. The number of carbonyl (C=O) groups is 3. The third-order valence-electron chi connectivity index (χ3n) is 5.32. The molecular formula is C26H34FN3O6. The van der Waals surface area contributed by atoms with E-state index in [1.165, 1.54) is 49.8 Å². The number of nitrogens with one attached hydrogen (secondary N) is 1. The number of nitrogens with two attached hydrogens (primary N) is 1. The van der Waals surface area contributed by atoms with Crippen molar-refractivity contribution in [3.63, 3.8) is 0 Å². The van der Waals surface area contributed by atoms with Crippen LogP contribution in [0.25, 0.3) is 0 Å². The molecule has 2 aromatic rings. The largest absolute Gasteiger partial charge is 0.497 e. The van der Waals surface area contributed by atoms with E-state index in [1.807, 2.05) is 12.1 Å². The molecular weight excluding hydrogens is 469 g/mol. The Kier molecular flexibility index (Phi) is 12.4. The molecule has 0 radical (unpaired) electrons. The average Bonchev–Trinajstić information content (AvgIpc) is 3.74. The molecule has 0 unspecified atom stereocenters. The van der Waals surface area contributed by atoms with Crippen LogP contribution in [0.2, 0.25) is 0 Å². The van der Waals surface area contributed by atoms with E-state index >= 15 is 0 Å². The minimum absolute atomic E-state index is 0.0139. The Morgan fingerprint density at radius 1 is 1.03 bits per heavy atom. The van der Waals surface area contributed by atoms with Crippen LogP contribution < -0.4 is 15.8 Å². The summed E-state index contributed by atoms with van der Waals surface area (Å²) < 4.78 is 27.2. The molecule has 36 heavy (non-hydrogen) atoms. The van der Waals surface area contributed by atoms with Crippen molar-refractivity contribution < 1.29 is 33.0 Å². The summed E-state index contributed by atoms with van der Waals surface area (Å²) in [7, 11) is 3.12. The summed E-state index contributed by atoms with van der Waals surface area (Å²) in [6, 6.07) is 13.6. The first-order valence-electron chi connectivity index (χ1n) is 11.6. The zero-order valence-corrected chi connectivity index (χ0v) is 20.7. The summed E-state index contributed by atoms with van der Waals surface area (Å²) >= 11 is 0. The Morgan fingerprint density at radius 2 is 1.64 bits per heavy atom. The summed E-state index contributed by atoms with van der Waals surface area (Å²) in [5.74, 6) is 0.439. The first-order valence-corrected chi connectivity index (χ1v) is 11.6. The Labute approximate surface area is 210 Å². The molecule has 0 aromatic heterocycles. The minimum atomic E-state index is -0.433. The van der Waals surface area contributed by atoms with Crippen molar-refractivity contribution in [2.45, 2.75) is 18.8 Å². The van der Waals surface area contributed by atoms with Gasteiger partial charge in [-0.1, -0.05) is 12.1 Å². The molecule has 1 aliphatic carbocycles. The van der Waals surface area contributed by atoms with E-state index in [1.54, 1.807) is 12.0 Å². The maximum atomic E-state index is 12.7. The lowest BCUT2D eigenvalue weighted by molar-refractivity contribution is -0.134. The van der Waals surface area contributed by atoms with E-state index in [0.29, 0.717) is 31.9 Å². The molecule has 2 aliphatic rings. The lowest BCUT2D eigenvalue weighted by Gasteiger charge is -2.26. The molecule has 1 saturated carbocycles. The van der Waals surface area contributed by atoms with Gasteiger partial charge in [0.25, 0.3) is 5.91 Å². The van der Waals surface area contributed by atoms with Crippen molar-refractivity contribution in [2.75, 3.05) is 53.7 Å². The zero-order chi connectivity index (χ0) is 26.3. The van der Waals surface area contributed by atoms with Crippen LogP contribution in [0.15, 0.2) is 48.5 Å². The van der Waals surface area contributed by atoms with E-state index in [9.17, 15) is 18.8 Å². The molecule has 9 nitrogen and oxygen atoms in total. The number of rotatable bonds is 7. The Hall–Kier alpha value is -3.50. The molecule has 2 fully saturated rings. The highest BCUT2D eigenvalue weighted by Crippen LogP contribution is 2.40. The van der Waals surface area contributed by atoms with E-state index in [2.05, 4.69) is 27.9 Å². The van der Waals surface area contributed by atoms with Crippen LogP contribution in [0, 0.1) is 5.82 Å². The Bertz CT molecular complexity index is 959. The van der Waals surface area contributed by atoms with Gasteiger partial charge in [0.15, 0.2) is 0 Å². The molecule has 4 rings (SSSR count). The van der Waals surface area contributed by atoms with Crippen molar-refractivity contribution >= 4 is 17.7 Å². The topological polar surface area (TPSA) is 120 Å². The lowest BCUT2D eigenvalue weighted by atomic mass is 10.1. The van der Waals surface area contributed by atoms with Crippen LogP contribution in [0.5, 0.6) is 5.75 Å². The van der Waals surface area contributed by atoms with Crippen molar-refractivity contribution in [2.24, 2.45) is 5.73 Å². The lowest BCUT2D eigenvalue weighted by Crippen LogP contribution is -2.45. The molecule has 3 amide bonds. The van der Waals surface area contributed by atoms with Crippen LogP contribution in [0.3, 0.4) is 0 Å². The molecule has 1 heterocycles. The van der Waals surface area contributed by atoms with Gasteiger partial charge in [0.2, 0.25) is 11.8 Å². The van der Waals surface area contributed by atoms with E-state index in [4.69, 9.17) is 9.47 Å². The summed E-state index contributed by atoms with van der Waals surface area (Å²) in [4.78, 5) is 34.8. The summed E-state index contributed by atoms with van der Waals surface area (Å²) in [5.41, 5.74) is 6.43. The predicted octanol–water partition coefficient (Wildman–Crippen LogP) is 2.11. The van der Waals surface area contributed by atoms with Crippen LogP contribution in [0.4, 0.5) is 4.39 Å². The van der Waals surface area contributed by atoms with Crippen LogP contribution >= 0.6 is 0 Å². The second-order valence-corrected chi connectivity index (χ2v) is 8.13. The SMILES string of the molecule is COCC(N)=O.COc1ccc(C2CC2)cc1.O=C(NCC(=O)N1CCOCC1)c1ccc(F)cc1. The summed E-state index contributed by atoms with van der Waals surface area (Å²) in [6.07, 6.45) is 2.73. The van der Waals surface area contributed by atoms with Crippen molar-refractivity contribution in [1.29, 1.82) is 0 Å². The third kappa shape index (κ3) is 10.8. The van der Waals surface area contributed by atoms with Crippen molar-refractivity contribution in [3.8, 4) is 5.75 Å². The second kappa shape index (κ2) is 15.5. The van der Waals surface area contributed by atoms with Crippen LogP contribution in [0.1, 0.15) is 34.7 Å². The van der Waals surface area contributed by atoms with Crippen molar-refractivity contribution in [3.05, 3.63) is 65.5 Å². The molecule has 0 atom stereocenters.